The molecule has 2 aliphatic heterocycles. The van der Waals surface area contributed by atoms with Crippen molar-refractivity contribution < 1.29 is 19.1 Å². The van der Waals surface area contributed by atoms with Gasteiger partial charge in [-0.05, 0) is 57.6 Å². The molecular formula is C27H41NO4S4. The summed E-state index contributed by atoms with van der Waals surface area (Å²) >= 11 is 0. The number of aryl methyl sites for hydroxylation is 1. The van der Waals surface area contributed by atoms with Crippen LogP contribution in [0.3, 0.4) is 0 Å². The van der Waals surface area contributed by atoms with Gasteiger partial charge in [-0.3, -0.25) is 9.59 Å². The number of unbranched alkanes of at least 4 members (excludes halogenated alkanes) is 2. The number of benzene rings is 1. The van der Waals surface area contributed by atoms with E-state index in [1.54, 1.807) is 0 Å². The van der Waals surface area contributed by atoms with Gasteiger partial charge in [0.05, 0.1) is 13.1 Å². The maximum Gasteiger partial charge on any atom is 0.305 e. The predicted molar refractivity (Wildman–Crippen MR) is 159 cm³/mol. The van der Waals surface area contributed by atoms with Crippen LogP contribution in [0.25, 0.3) is 0 Å². The molecule has 0 spiro atoms. The molecule has 0 bridgehead atoms. The fourth-order valence-electron chi connectivity index (χ4n) is 4.22. The van der Waals surface area contributed by atoms with Crippen LogP contribution in [0.15, 0.2) is 24.3 Å². The van der Waals surface area contributed by atoms with Crippen LogP contribution in [-0.2, 0) is 19.1 Å². The second-order valence-corrected chi connectivity index (χ2v) is 15.0. The number of esters is 2. The Morgan fingerprint density at radius 2 is 1.31 bits per heavy atom. The average Bonchev–Trinajstić information content (AvgIpc) is 3.59. The Bertz CT molecular complexity index is 726. The molecule has 2 aliphatic rings. The Balaban J connectivity index is 1.30. The van der Waals surface area contributed by atoms with Gasteiger partial charge in [0.2, 0.25) is 0 Å². The third kappa shape index (κ3) is 12.3. The van der Waals surface area contributed by atoms with Crippen molar-refractivity contribution in [2.45, 2.75) is 81.6 Å². The third-order valence-corrected chi connectivity index (χ3v) is 12.4. The SMILES string of the molecule is Cc1ccc(N(CCOC(=O)CCCCC2CCSS2)CCOC(=O)CCCCC2CCSS2)cc1. The maximum absolute atomic E-state index is 12.2. The van der Waals surface area contributed by atoms with Gasteiger partial charge in [-0.25, -0.2) is 0 Å². The molecule has 2 heterocycles. The minimum absolute atomic E-state index is 0.117. The number of nitrogens with zero attached hydrogens (tertiary/aromatic N) is 1. The van der Waals surface area contributed by atoms with Gasteiger partial charge < -0.3 is 14.4 Å². The van der Waals surface area contributed by atoms with Gasteiger partial charge >= 0.3 is 11.9 Å². The lowest BCUT2D eigenvalue weighted by Crippen LogP contribution is -2.32. The van der Waals surface area contributed by atoms with Crippen molar-refractivity contribution in [1.29, 1.82) is 0 Å². The summed E-state index contributed by atoms with van der Waals surface area (Å²) in [4.78, 5) is 26.5. The quantitative estimate of drug-likeness (QED) is 0.109. The Hall–Kier alpha value is -0.640. The van der Waals surface area contributed by atoms with Crippen molar-refractivity contribution in [1.82, 2.24) is 0 Å². The molecule has 202 valence electrons. The molecule has 0 aliphatic carbocycles. The van der Waals surface area contributed by atoms with Gasteiger partial charge in [-0.1, -0.05) is 73.7 Å². The first kappa shape index (κ1) is 29.9. The molecule has 1 aromatic rings. The van der Waals surface area contributed by atoms with Crippen molar-refractivity contribution in [3.8, 4) is 0 Å². The monoisotopic (exact) mass is 571 g/mol. The average molecular weight is 572 g/mol. The van der Waals surface area contributed by atoms with Crippen LogP contribution >= 0.6 is 43.2 Å². The summed E-state index contributed by atoms with van der Waals surface area (Å²) in [6.45, 7) is 3.91. The van der Waals surface area contributed by atoms with Crippen molar-refractivity contribution >= 4 is 60.8 Å². The first-order valence-electron chi connectivity index (χ1n) is 13.3. The van der Waals surface area contributed by atoms with Gasteiger partial charge in [0, 0.05) is 40.5 Å². The van der Waals surface area contributed by atoms with E-state index >= 15 is 0 Å². The number of carbonyl (C=O) groups is 2. The first-order chi connectivity index (χ1) is 17.6. The fraction of sp³-hybridized carbons (Fsp3) is 0.704. The zero-order valence-electron chi connectivity index (χ0n) is 21.5. The molecule has 2 fully saturated rings. The third-order valence-electron chi connectivity index (χ3n) is 6.42. The van der Waals surface area contributed by atoms with Crippen LogP contribution in [0, 0.1) is 6.92 Å². The predicted octanol–water partition coefficient (Wildman–Crippen LogP) is 7.32. The highest BCUT2D eigenvalue weighted by Crippen LogP contribution is 2.40. The van der Waals surface area contributed by atoms with Gasteiger partial charge in [-0.2, -0.15) is 0 Å². The second kappa shape index (κ2) is 17.8. The van der Waals surface area contributed by atoms with E-state index in [2.05, 4.69) is 36.1 Å². The van der Waals surface area contributed by atoms with E-state index in [0.717, 1.165) is 41.9 Å². The highest BCUT2D eigenvalue weighted by Gasteiger charge is 2.17. The van der Waals surface area contributed by atoms with Crippen molar-refractivity contribution in [2.24, 2.45) is 0 Å². The topological polar surface area (TPSA) is 55.8 Å². The highest BCUT2D eigenvalue weighted by molar-refractivity contribution is 8.77. The van der Waals surface area contributed by atoms with E-state index in [1.165, 1.54) is 42.8 Å². The summed E-state index contributed by atoms with van der Waals surface area (Å²) in [6.07, 6.45) is 9.95. The lowest BCUT2D eigenvalue weighted by atomic mass is 10.1. The summed E-state index contributed by atoms with van der Waals surface area (Å²) in [6, 6.07) is 8.28. The minimum Gasteiger partial charge on any atom is -0.464 e. The van der Waals surface area contributed by atoms with Crippen LogP contribution in [0.5, 0.6) is 0 Å². The van der Waals surface area contributed by atoms with Gasteiger partial charge in [0.1, 0.15) is 13.2 Å². The Morgan fingerprint density at radius 3 is 1.75 bits per heavy atom. The number of hydrogen-bond donors (Lipinski definition) is 0. The Kier molecular flexibility index (Phi) is 14.8. The molecule has 5 nitrogen and oxygen atoms in total. The zero-order valence-corrected chi connectivity index (χ0v) is 24.8. The maximum atomic E-state index is 12.2. The second-order valence-electron chi connectivity index (χ2n) is 9.41. The van der Waals surface area contributed by atoms with Crippen molar-refractivity contribution in [2.75, 3.05) is 42.7 Å². The normalized spacial score (nSPS) is 19.4. The van der Waals surface area contributed by atoms with Crippen LogP contribution in [0.1, 0.15) is 69.8 Å². The Labute approximate surface area is 233 Å². The molecule has 36 heavy (non-hydrogen) atoms. The molecule has 0 N–H and O–H groups in total. The number of ether oxygens (including phenoxy) is 2. The zero-order chi connectivity index (χ0) is 25.4. The minimum atomic E-state index is -0.117. The van der Waals surface area contributed by atoms with Crippen LogP contribution in [0.2, 0.25) is 0 Å². The molecule has 0 aromatic heterocycles. The molecule has 1 aromatic carbocycles. The lowest BCUT2D eigenvalue weighted by Gasteiger charge is -2.24. The summed E-state index contributed by atoms with van der Waals surface area (Å²) < 4.78 is 11.0. The number of anilines is 1. The van der Waals surface area contributed by atoms with Gasteiger partial charge in [0.25, 0.3) is 0 Å². The number of carbonyl (C=O) groups excluding carboxylic acids is 2. The van der Waals surface area contributed by atoms with E-state index in [1.807, 2.05) is 43.2 Å². The van der Waals surface area contributed by atoms with E-state index < -0.39 is 0 Å². The molecule has 2 atom stereocenters. The molecule has 0 saturated carbocycles. The van der Waals surface area contributed by atoms with Crippen molar-refractivity contribution in [3.63, 3.8) is 0 Å². The Morgan fingerprint density at radius 1 is 0.806 bits per heavy atom. The van der Waals surface area contributed by atoms with Crippen molar-refractivity contribution in [3.05, 3.63) is 29.8 Å². The summed E-state index contributed by atoms with van der Waals surface area (Å²) in [7, 11) is 7.93. The van der Waals surface area contributed by atoms with Crippen LogP contribution in [-0.4, -0.2) is 60.2 Å². The van der Waals surface area contributed by atoms with E-state index in [-0.39, 0.29) is 11.9 Å². The number of hydrogen-bond acceptors (Lipinski definition) is 9. The summed E-state index contributed by atoms with van der Waals surface area (Å²) in [5.41, 5.74) is 2.24. The molecule has 2 unspecified atom stereocenters. The van der Waals surface area contributed by atoms with Gasteiger partial charge in [0.15, 0.2) is 0 Å². The van der Waals surface area contributed by atoms with Crippen LogP contribution in [0.4, 0.5) is 5.69 Å². The lowest BCUT2D eigenvalue weighted by molar-refractivity contribution is -0.143. The molecule has 3 rings (SSSR count). The van der Waals surface area contributed by atoms with E-state index in [0.29, 0.717) is 39.1 Å². The highest BCUT2D eigenvalue weighted by atomic mass is 33.1. The van der Waals surface area contributed by atoms with Crippen LogP contribution < -0.4 is 4.90 Å². The van der Waals surface area contributed by atoms with Gasteiger partial charge in [-0.15, -0.1) is 0 Å². The molecule has 0 radical (unpaired) electrons. The fourth-order valence-corrected chi connectivity index (χ4v) is 10.3. The van der Waals surface area contributed by atoms with E-state index in [4.69, 9.17) is 9.47 Å². The smallest absolute Gasteiger partial charge is 0.305 e. The summed E-state index contributed by atoms with van der Waals surface area (Å²) in [5, 5.41) is 1.52. The number of rotatable bonds is 17. The summed E-state index contributed by atoms with van der Waals surface area (Å²) in [5.74, 6) is 2.28. The van der Waals surface area contributed by atoms with E-state index in [9.17, 15) is 9.59 Å². The molecular weight excluding hydrogens is 531 g/mol. The standard InChI is InChI=1S/C27H41NO4S4/c1-22-10-12-23(13-11-22)28(16-18-31-26(29)8-4-2-6-24-14-20-33-35-24)17-19-32-27(30)9-5-3-7-25-15-21-34-36-25/h10-13,24-25H,2-9,14-21H2,1H3. The first-order valence-corrected chi connectivity index (χ1v) is 18.1. The largest absolute Gasteiger partial charge is 0.464 e. The molecule has 9 heteroatoms. The molecule has 2 saturated heterocycles. The molecule has 0 amide bonds.